The van der Waals surface area contributed by atoms with Crippen LogP contribution in [0.25, 0.3) is 0 Å². The SMILES string of the molecule is CC.CCN(C)C1CCC12CCN(C)C2. The Hall–Kier alpha value is -0.0800. The molecule has 0 amide bonds. The van der Waals surface area contributed by atoms with Gasteiger partial charge in [0.05, 0.1) is 0 Å². The van der Waals surface area contributed by atoms with E-state index in [0.717, 1.165) is 6.04 Å². The van der Waals surface area contributed by atoms with Gasteiger partial charge in [-0.25, -0.2) is 0 Å². The molecule has 1 heterocycles. The maximum atomic E-state index is 2.54. The van der Waals surface area contributed by atoms with E-state index in [0.29, 0.717) is 5.41 Å². The summed E-state index contributed by atoms with van der Waals surface area (Å²) in [5.74, 6) is 0. The third-order valence-corrected chi connectivity index (χ3v) is 4.23. The summed E-state index contributed by atoms with van der Waals surface area (Å²) in [6.45, 7) is 10.1. The Morgan fingerprint density at radius 3 is 2.33 bits per heavy atom. The molecule has 0 bridgehead atoms. The topological polar surface area (TPSA) is 6.48 Å². The van der Waals surface area contributed by atoms with Crippen LogP contribution in [-0.2, 0) is 0 Å². The van der Waals surface area contributed by atoms with Crippen molar-refractivity contribution in [1.29, 1.82) is 0 Å². The van der Waals surface area contributed by atoms with E-state index in [4.69, 9.17) is 0 Å². The zero-order valence-corrected chi connectivity index (χ0v) is 11.2. The summed E-state index contributed by atoms with van der Waals surface area (Å²) < 4.78 is 0. The molecule has 1 aliphatic carbocycles. The van der Waals surface area contributed by atoms with E-state index >= 15 is 0 Å². The molecule has 2 rings (SSSR count). The largest absolute Gasteiger partial charge is 0.306 e. The minimum Gasteiger partial charge on any atom is -0.306 e. The van der Waals surface area contributed by atoms with Crippen LogP contribution in [0, 0.1) is 5.41 Å². The van der Waals surface area contributed by atoms with Crippen LogP contribution in [0.2, 0.25) is 0 Å². The molecule has 1 aliphatic heterocycles. The fourth-order valence-corrected chi connectivity index (χ4v) is 3.18. The van der Waals surface area contributed by atoms with Gasteiger partial charge in [-0.3, -0.25) is 0 Å². The molecule has 0 N–H and O–H groups in total. The summed E-state index contributed by atoms with van der Waals surface area (Å²) in [5, 5.41) is 0. The predicted octanol–water partition coefficient (Wildman–Crippen LogP) is 2.45. The third kappa shape index (κ3) is 2.36. The molecular weight excluding hydrogens is 184 g/mol. The molecule has 2 heteroatoms. The van der Waals surface area contributed by atoms with Crippen LogP contribution < -0.4 is 0 Å². The van der Waals surface area contributed by atoms with Gasteiger partial charge in [-0.15, -0.1) is 0 Å². The van der Waals surface area contributed by atoms with Crippen molar-refractivity contribution in [2.75, 3.05) is 33.7 Å². The van der Waals surface area contributed by atoms with Gasteiger partial charge in [0.1, 0.15) is 0 Å². The average Bonchev–Trinajstić information content (AvgIpc) is 2.64. The Morgan fingerprint density at radius 2 is 2.00 bits per heavy atom. The van der Waals surface area contributed by atoms with E-state index in [1.165, 1.54) is 38.9 Å². The van der Waals surface area contributed by atoms with E-state index in [1.807, 2.05) is 13.8 Å². The zero-order valence-electron chi connectivity index (χ0n) is 11.2. The Balaban J connectivity index is 0.000000531. The van der Waals surface area contributed by atoms with E-state index < -0.39 is 0 Å². The quantitative estimate of drug-likeness (QED) is 0.694. The van der Waals surface area contributed by atoms with Crippen molar-refractivity contribution in [2.45, 2.75) is 46.1 Å². The predicted molar refractivity (Wildman–Crippen MR) is 67.2 cm³/mol. The maximum absolute atomic E-state index is 2.54. The van der Waals surface area contributed by atoms with Crippen LogP contribution in [0.15, 0.2) is 0 Å². The van der Waals surface area contributed by atoms with Gasteiger partial charge in [-0.05, 0) is 51.9 Å². The average molecular weight is 212 g/mol. The molecule has 0 aromatic carbocycles. The molecule has 2 unspecified atom stereocenters. The van der Waals surface area contributed by atoms with Gasteiger partial charge in [-0.1, -0.05) is 20.8 Å². The van der Waals surface area contributed by atoms with Crippen molar-refractivity contribution < 1.29 is 0 Å². The smallest absolute Gasteiger partial charge is 0.0161 e. The lowest BCUT2D eigenvalue weighted by Gasteiger charge is -2.51. The molecule has 0 aromatic rings. The fraction of sp³-hybridized carbons (Fsp3) is 1.00. The molecule has 1 saturated heterocycles. The first-order valence-electron chi connectivity index (χ1n) is 6.57. The molecular formula is C13H28N2. The summed E-state index contributed by atoms with van der Waals surface area (Å²) in [7, 11) is 4.54. The molecule has 2 aliphatic rings. The summed E-state index contributed by atoms with van der Waals surface area (Å²) in [6, 6.07) is 0.877. The first kappa shape index (κ1) is 13.0. The van der Waals surface area contributed by atoms with Crippen LogP contribution in [0.4, 0.5) is 0 Å². The monoisotopic (exact) mass is 212 g/mol. The van der Waals surface area contributed by atoms with Crippen LogP contribution in [0.5, 0.6) is 0 Å². The lowest BCUT2D eigenvalue weighted by molar-refractivity contribution is -0.00178. The van der Waals surface area contributed by atoms with E-state index in [1.54, 1.807) is 0 Å². The molecule has 0 aromatic heterocycles. The Morgan fingerprint density at radius 1 is 1.33 bits per heavy atom. The van der Waals surface area contributed by atoms with Crippen LogP contribution in [0.3, 0.4) is 0 Å². The van der Waals surface area contributed by atoms with Crippen molar-refractivity contribution in [2.24, 2.45) is 5.41 Å². The lowest BCUT2D eigenvalue weighted by Crippen LogP contribution is -2.55. The van der Waals surface area contributed by atoms with Crippen LogP contribution >= 0.6 is 0 Å². The minimum atomic E-state index is 0.680. The molecule has 2 atom stereocenters. The Kier molecular flexibility index (Phi) is 4.60. The van der Waals surface area contributed by atoms with Crippen LogP contribution in [0.1, 0.15) is 40.0 Å². The summed E-state index contributed by atoms with van der Waals surface area (Å²) in [4.78, 5) is 5.04. The summed E-state index contributed by atoms with van der Waals surface area (Å²) in [6.07, 6.45) is 4.32. The molecule has 0 radical (unpaired) electrons. The highest BCUT2D eigenvalue weighted by Gasteiger charge is 2.50. The van der Waals surface area contributed by atoms with Crippen molar-refractivity contribution in [1.82, 2.24) is 9.80 Å². The van der Waals surface area contributed by atoms with Crippen LogP contribution in [-0.4, -0.2) is 49.6 Å². The normalized spacial score (nSPS) is 35.2. The van der Waals surface area contributed by atoms with Crippen molar-refractivity contribution >= 4 is 0 Å². The summed E-state index contributed by atoms with van der Waals surface area (Å²) in [5.41, 5.74) is 0.680. The van der Waals surface area contributed by atoms with Gasteiger partial charge >= 0.3 is 0 Å². The highest BCUT2D eigenvalue weighted by molar-refractivity contribution is 5.05. The number of nitrogens with zero attached hydrogens (tertiary/aromatic N) is 2. The molecule has 90 valence electrons. The van der Waals surface area contributed by atoms with Gasteiger partial charge in [0.25, 0.3) is 0 Å². The first-order valence-corrected chi connectivity index (χ1v) is 6.57. The third-order valence-electron chi connectivity index (χ3n) is 4.23. The van der Waals surface area contributed by atoms with E-state index in [9.17, 15) is 0 Å². The standard InChI is InChI=1S/C11H22N2.C2H6/c1-4-13(3)10-5-6-11(10)7-8-12(2)9-11;1-2/h10H,4-9H2,1-3H3;1-2H3. The van der Waals surface area contributed by atoms with E-state index in [-0.39, 0.29) is 0 Å². The van der Waals surface area contributed by atoms with E-state index in [2.05, 4.69) is 30.8 Å². The second-order valence-electron chi connectivity index (χ2n) is 4.98. The first-order chi connectivity index (χ1) is 7.18. The maximum Gasteiger partial charge on any atom is 0.0161 e. The number of rotatable bonds is 2. The second kappa shape index (κ2) is 5.31. The van der Waals surface area contributed by atoms with Gasteiger partial charge in [-0.2, -0.15) is 0 Å². The van der Waals surface area contributed by atoms with Gasteiger partial charge in [0, 0.05) is 12.6 Å². The number of likely N-dealkylation sites (tertiary alicyclic amines) is 1. The molecule has 2 nitrogen and oxygen atoms in total. The van der Waals surface area contributed by atoms with Crippen molar-refractivity contribution in [3.63, 3.8) is 0 Å². The molecule has 2 fully saturated rings. The second-order valence-corrected chi connectivity index (χ2v) is 4.98. The van der Waals surface area contributed by atoms with Gasteiger partial charge in [0.15, 0.2) is 0 Å². The number of hydrogen-bond donors (Lipinski definition) is 0. The number of hydrogen-bond acceptors (Lipinski definition) is 2. The summed E-state index contributed by atoms with van der Waals surface area (Å²) >= 11 is 0. The molecule has 1 spiro atoms. The Labute approximate surface area is 95.6 Å². The minimum absolute atomic E-state index is 0.680. The van der Waals surface area contributed by atoms with Crippen molar-refractivity contribution in [3.8, 4) is 0 Å². The highest BCUT2D eigenvalue weighted by atomic mass is 15.2. The lowest BCUT2D eigenvalue weighted by atomic mass is 9.63. The van der Waals surface area contributed by atoms with Gasteiger partial charge in [0.2, 0.25) is 0 Å². The molecule has 15 heavy (non-hydrogen) atoms. The zero-order chi connectivity index (χ0) is 11.5. The molecule has 1 saturated carbocycles. The fourth-order valence-electron chi connectivity index (χ4n) is 3.18. The highest BCUT2D eigenvalue weighted by Crippen LogP contribution is 2.49. The van der Waals surface area contributed by atoms with Gasteiger partial charge < -0.3 is 9.80 Å². The Bertz CT molecular complexity index is 193. The van der Waals surface area contributed by atoms with Crippen molar-refractivity contribution in [3.05, 3.63) is 0 Å².